The van der Waals surface area contributed by atoms with Crippen molar-refractivity contribution in [2.24, 2.45) is 0 Å². The molecule has 0 radical (unpaired) electrons. The number of allylic oxidation sites excluding steroid dienone is 1. The number of esters is 1. The highest BCUT2D eigenvalue weighted by Crippen LogP contribution is 2.38. The van der Waals surface area contributed by atoms with Crippen molar-refractivity contribution in [2.45, 2.75) is 405 Å². The summed E-state index contributed by atoms with van der Waals surface area (Å²) in [6.45, 7) is 6.92. The number of hydrogen-bond donors (Lipinski definition) is 1. The molecule has 0 saturated heterocycles. The van der Waals surface area contributed by atoms with Crippen LogP contribution in [0.15, 0.2) is 12.2 Å². The maximum absolute atomic E-state index is 13.6. The van der Waals surface area contributed by atoms with E-state index in [-0.39, 0.29) is 31.5 Å². The minimum atomic E-state index is -4.70. The third-order valence-corrected chi connectivity index (χ3v) is 18.2. The molecule has 1 amide bonds. The van der Waals surface area contributed by atoms with Crippen LogP contribution in [0.4, 0.5) is 0 Å². The van der Waals surface area contributed by atoms with Gasteiger partial charge in [-0.1, -0.05) is 361 Å². The van der Waals surface area contributed by atoms with E-state index in [9.17, 15) is 19.0 Å². The fourth-order valence-corrected chi connectivity index (χ4v) is 12.3. The van der Waals surface area contributed by atoms with Crippen LogP contribution in [0.5, 0.6) is 0 Å². The van der Waals surface area contributed by atoms with Gasteiger partial charge in [0.05, 0.1) is 33.8 Å². The minimum absolute atomic E-state index is 0.0164. The van der Waals surface area contributed by atoms with Crippen molar-refractivity contribution in [3.8, 4) is 0 Å². The third-order valence-electron chi connectivity index (χ3n) is 17.2. The van der Waals surface area contributed by atoms with E-state index < -0.39 is 20.0 Å². The molecule has 0 aromatic rings. The zero-order chi connectivity index (χ0) is 60.7. The van der Waals surface area contributed by atoms with Gasteiger partial charge >= 0.3 is 5.97 Å². The molecule has 9 nitrogen and oxygen atoms in total. The van der Waals surface area contributed by atoms with Crippen molar-refractivity contribution in [1.82, 2.24) is 5.32 Å². The number of nitrogens with one attached hydrogen (secondary N) is 1. The molecule has 1 N–H and O–H groups in total. The number of carbonyl (C=O) groups excluding carboxylic acids is 2. The lowest BCUT2D eigenvalue weighted by Crippen LogP contribution is -2.47. The zero-order valence-electron chi connectivity index (χ0n) is 56.7. The van der Waals surface area contributed by atoms with E-state index in [2.05, 4.69) is 26.1 Å². The smallest absolute Gasteiger partial charge is 0.306 e. The highest BCUT2D eigenvalue weighted by atomic mass is 31.2. The molecule has 0 bridgehead atoms. The predicted molar refractivity (Wildman–Crippen MR) is 358 cm³/mol. The monoisotopic (exact) mass is 1190 g/mol. The maximum atomic E-state index is 13.6. The summed E-state index contributed by atoms with van der Waals surface area (Å²) in [6, 6.07) is -0.881. The number of carbonyl (C=O) groups is 2. The fourth-order valence-electron chi connectivity index (χ4n) is 11.5. The summed E-state index contributed by atoms with van der Waals surface area (Å²) in [4.78, 5) is 40.2. The number of ether oxygens (including phenoxy) is 1. The number of unbranched alkanes of at least 4 members (excludes halogenated alkanes) is 53. The third kappa shape index (κ3) is 65.0. The molecule has 0 rings (SSSR count). The molecule has 0 heterocycles. The van der Waals surface area contributed by atoms with Crippen LogP contribution in [0.25, 0.3) is 0 Å². The average Bonchev–Trinajstić information content (AvgIpc) is 3.52. The van der Waals surface area contributed by atoms with Gasteiger partial charge in [-0.3, -0.25) is 14.2 Å². The number of phosphoric acid groups is 1. The highest BCUT2D eigenvalue weighted by Gasteiger charge is 2.27. The van der Waals surface area contributed by atoms with Gasteiger partial charge in [-0.05, 0) is 31.8 Å². The number of phosphoric ester groups is 1. The highest BCUT2D eigenvalue weighted by molar-refractivity contribution is 7.45. The Morgan fingerprint density at radius 2 is 0.687 bits per heavy atom. The Hall–Kier alpha value is -1.25. The molecule has 10 heteroatoms. The molecule has 83 heavy (non-hydrogen) atoms. The van der Waals surface area contributed by atoms with Crippen LogP contribution >= 0.6 is 7.82 Å². The van der Waals surface area contributed by atoms with Crippen LogP contribution in [-0.2, 0) is 27.9 Å². The van der Waals surface area contributed by atoms with E-state index in [4.69, 9.17) is 13.8 Å². The van der Waals surface area contributed by atoms with Crippen LogP contribution < -0.4 is 10.2 Å². The zero-order valence-corrected chi connectivity index (χ0v) is 57.6. The number of nitrogens with zero attached hydrogens (tertiary/aromatic N) is 1. The van der Waals surface area contributed by atoms with Crippen molar-refractivity contribution in [3.63, 3.8) is 0 Å². The predicted octanol–water partition coefficient (Wildman–Crippen LogP) is 22.8. The molecular formula is C73H145N2O7P. The van der Waals surface area contributed by atoms with Gasteiger partial charge in [0.2, 0.25) is 5.91 Å². The number of amides is 1. The van der Waals surface area contributed by atoms with Gasteiger partial charge in [0, 0.05) is 12.8 Å². The Kier molecular flexibility index (Phi) is 62.8. The first-order valence-electron chi connectivity index (χ1n) is 37.0. The van der Waals surface area contributed by atoms with Crippen LogP contribution in [0.1, 0.15) is 393 Å². The van der Waals surface area contributed by atoms with Gasteiger partial charge in [0.15, 0.2) is 0 Å². The molecule has 0 aliphatic carbocycles. The standard InChI is InChI=1S/C73H145N2O7P/c1-7-10-13-16-19-22-25-27-29-31-33-35-36-37-38-40-41-43-45-47-50-53-56-59-62-65-72(76)74-70(69-81-83(78,79)80-68-67-75(4,5)6)71(64-61-58-55-52-49-24-21-18-15-12-9-3)82-73(77)66-63-60-57-54-51-48-46-44-42-39-34-32-30-28-26-23-20-17-14-11-8-2/h61,64,70-71H,7-60,62-63,65-69H2,1-6H3,(H-,74,76,78,79)/b64-61+. The van der Waals surface area contributed by atoms with E-state index in [1.165, 1.54) is 302 Å². The molecule has 0 saturated carbocycles. The Bertz CT molecular complexity index is 1420. The van der Waals surface area contributed by atoms with Crippen LogP contribution in [-0.4, -0.2) is 69.4 Å². The molecule has 0 spiro atoms. The molecule has 0 aliphatic heterocycles. The van der Waals surface area contributed by atoms with Crippen molar-refractivity contribution in [3.05, 3.63) is 12.2 Å². The maximum Gasteiger partial charge on any atom is 0.306 e. The van der Waals surface area contributed by atoms with Gasteiger partial charge in [-0.2, -0.15) is 0 Å². The van der Waals surface area contributed by atoms with E-state index in [1.54, 1.807) is 0 Å². The van der Waals surface area contributed by atoms with Crippen LogP contribution in [0, 0.1) is 0 Å². The Morgan fingerprint density at radius 1 is 0.410 bits per heavy atom. The van der Waals surface area contributed by atoms with E-state index in [0.29, 0.717) is 17.4 Å². The summed E-state index contributed by atoms with van der Waals surface area (Å²) in [6.07, 6.45) is 76.4. The van der Waals surface area contributed by atoms with Crippen molar-refractivity contribution >= 4 is 19.7 Å². The van der Waals surface area contributed by atoms with Crippen molar-refractivity contribution < 1.29 is 37.3 Å². The fraction of sp³-hybridized carbons (Fsp3) is 0.945. The lowest BCUT2D eigenvalue weighted by Gasteiger charge is -2.30. The molecule has 494 valence electrons. The van der Waals surface area contributed by atoms with Crippen LogP contribution in [0.3, 0.4) is 0 Å². The Morgan fingerprint density at radius 3 is 0.988 bits per heavy atom. The van der Waals surface area contributed by atoms with Gasteiger partial charge < -0.3 is 28.5 Å². The number of likely N-dealkylation sites (N-methyl/N-ethyl adjacent to an activating group) is 1. The van der Waals surface area contributed by atoms with Crippen LogP contribution in [0.2, 0.25) is 0 Å². The normalized spacial score (nSPS) is 13.5. The van der Waals surface area contributed by atoms with E-state index in [1.807, 2.05) is 33.3 Å². The molecule has 3 atom stereocenters. The molecule has 0 fully saturated rings. The second kappa shape index (κ2) is 63.8. The SMILES string of the molecule is CCCCCCCCCCC/C=C/C(OC(=O)CCCCCCCCCCCCCCCCCCCCCCC)C(COP(=O)([O-])OCC[N+](C)(C)C)NC(=O)CCCCCCCCCCCCCCCCCCCCCCCCCCC. The average molecular weight is 1190 g/mol. The van der Waals surface area contributed by atoms with Crippen molar-refractivity contribution in [2.75, 3.05) is 40.9 Å². The van der Waals surface area contributed by atoms with Gasteiger partial charge in [-0.15, -0.1) is 0 Å². The van der Waals surface area contributed by atoms with E-state index in [0.717, 1.165) is 57.8 Å². The number of rotatable bonds is 69. The van der Waals surface area contributed by atoms with E-state index >= 15 is 0 Å². The van der Waals surface area contributed by atoms with Gasteiger partial charge in [-0.25, -0.2) is 0 Å². The number of hydrogen-bond acceptors (Lipinski definition) is 7. The Balaban J connectivity index is 4.92. The summed E-state index contributed by atoms with van der Waals surface area (Å²) in [5.74, 6) is -0.512. The molecule has 0 aliphatic rings. The first-order valence-corrected chi connectivity index (χ1v) is 38.5. The molecule has 0 aromatic carbocycles. The first-order chi connectivity index (χ1) is 40.4. The number of quaternary nitrogens is 1. The Labute approximate surface area is 518 Å². The first kappa shape index (κ1) is 81.8. The lowest BCUT2D eigenvalue weighted by atomic mass is 10.0. The quantitative estimate of drug-likeness (QED) is 0.0212. The van der Waals surface area contributed by atoms with Crippen molar-refractivity contribution in [1.29, 1.82) is 0 Å². The second-order valence-corrected chi connectivity index (χ2v) is 28.2. The topological polar surface area (TPSA) is 114 Å². The molecular weight excluding hydrogens is 1050 g/mol. The largest absolute Gasteiger partial charge is 0.756 e. The summed E-state index contributed by atoms with van der Waals surface area (Å²) in [7, 11) is 1.21. The van der Waals surface area contributed by atoms with Gasteiger partial charge in [0.1, 0.15) is 19.3 Å². The summed E-state index contributed by atoms with van der Waals surface area (Å²) >= 11 is 0. The summed E-state index contributed by atoms with van der Waals surface area (Å²) < 4.78 is 30.5. The lowest BCUT2D eigenvalue weighted by molar-refractivity contribution is -0.870. The summed E-state index contributed by atoms with van der Waals surface area (Å²) in [5.41, 5.74) is 0. The summed E-state index contributed by atoms with van der Waals surface area (Å²) in [5, 5.41) is 3.05. The molecule has 3 unspecified atom stereocenters. The minimum Gasteiger partial charge on any atom is -0.756 e. The van der Waals surface area contributed by atoms with Gasteiger partial charge in [0.25, 0.3) is 7.82 Å². The second-order valence-electron chi connectivity index (χ2n) is 26.8. The molecule has 0 aromatic heterocycles.